The number of para-hydroxylation sites is 1. The van der Waals surface area contributed by atoms with Crippen LogP contribution in [-0.4, -0.2) is 40.4 Å². The third-order valence-corrected chi connectivity index (χ3v) is 3.94. The van der Waals surface area contributed by atoms with Crippen molar-refractivity contribution in [2.75, 3.05) is 11.9 Å². The van der Waals surface area contributed by atoms with Gasteiger partial charge in [0, 0.05) is 19.4 Å². The summed E-state index contributed by atoms with van der Waals surface area (Å²) in [7, 11) is 0. The number of hydrogen-bond acceptors (Lipinski definition) is 6. The number of amides is 3. The lowest BCUT2D eigenvalue weighted by Crippen LogP contribution is -2.42. The van der Waals surface area contributed by atoms with Crippen LogP contribution in [0, 0.1) is 6.92 Å². The molecule has 3 amide bonds. The molecule has 0 saturated carbocycles. The van der Waals surface area contributed by atoms with Gasteiger partial charge in [0.15, 0.2) is 5.82 Å². The van der Waals surface area contributed by atoms with Crippen LogP contribution in [0.2, 0.25) is 0 Å². The van der Waals surface area contributed by atoms with Crippen LogP contribution in [0.3, 0.4) is 0 Å². The summed E-state index contributed by atoms with van der Waals surface area (Å²) >= 11 is 0. The van der Waals surface area contributed by atoms with Gasteiger partial charge in [0.1, 0.15) is 6.04 Å². The molecule has 0 bridgehead atoms. The standard InChI is InChI=1S/C17H19N5O4/c1-10-19-15(26-22-10)8-9-18-14(23)7-6-13-17(25)20-12-5-3-2-4-11(12)16(24)21-13/h2-5,13H,6-9H2,1H3,(H,18,23)(H,20,25)(H,21,24). The summed E-state index contributed by atoms with van der Waals surface area (Å²) in [6, 6.07) is 6.01. The molecule has 0 spiro atoms. The summed E-state index contributed by atoms with van der Waals surface area (Å²) in [5, 5.41) is 11.8. The predicted molar refractivity (Wildman–Crippen MR) is 91.3 cm³/mol. The van der Waals surface area contributed by atoms with Gasteiger partial charge in [-0.15, -0.1) is 0 Å². The molecule has 1 aliphatic heterocycles. The van der Waals surface area contributed by atoms with Crippen LogP contribution in [0.1, 0.15) is 34.9 Å². The first-order valence-electron chi connectivity index (χ1n) is 8.29. The Morgan fingerprint density at radius 1 is 1.31 bits per heavy atom. The minimum Gasteiger partial charge on any atom is -0.356 e. The number of carbonyl (C=O) groups excluding carboxylic acids is 3. The number of nitrogens with one attached hydrogen (secondary N) is 3. The molecule has 0 radical (unpaired) electrons. The van der Waals surface area contributed by atoms with Gasteiger partial charge in [0.05, 0.1) is 11.3 Å². The Hall–Kier alpha value is -3.23. The van der Waals surface area contributed by atoms with Crippen molar-refractivity contribution in [2.24, 2.45) is 0 Å². The molecule has 136 valence electrons. The average Bonchev–Trinajstić information content (AvgIpc) is 2.98. The van der Waals surface area contributed by atoms with Gasteiger partial charge in [-0.3, -0.25) is 14.4 Å². The van der Waals surface area contributed by atoms with E-state index in [2.05, 4.69) is 26.1 Å². The normalized spacial score (nSPS) is 16.3. The maximum absolute atomic E-state index is 12.3. The third kappa shape index (κ3) is 4.24. The summed E-state index contributed by atoms with van der Waals surface area (Å²) in [5.74, 6) is 0.108. The Labute approximate surface area is 149 Å². The first-order valence-corrected chi connectivity index (χ1v) is 8.29. The first kappa shape index (κ1) is 17.6. The first-order chi connectivity index (χ1) is 12.5. The van der Waals surface area contributed by atoms with Gasteiger partial charge in [-0.2, -0.15) is 4.98 Å². The van der Waals surface area contributed by atoms with Crippen molar-refractivity contribution in [1.82, 2.24) is 20.8 Å². The number of anilines is 1. The molecule has 1 aromatic carbocycles. The molecule has 9 heteroatoms. The van der Waals surface area contributed by atoms with E-state index >= 15 is 0 Å². The number of carbonyl (C=O) groups is 3. The number of rotatable bonds is 6. The minimum atomic E-state index is -0.765. The summed E-state index contributed by atoms with van der Waals surface area (Å²) < 4.78 is 4.96. The molecule has 1 aliphatic rings. The number of hydrogen-bond donors (Lipinski definition) is 3. The number of aromatic nitrogens is 2. The summed E-state index contributed by atoms with van der Waals surface area (Å²) in [4.78, 5) is 40.5. The fourth-order valence-electron chi connectivity index (χ4n) is 2.63. The topological polar surface area (TPSA) is 126 Å². The lowest BCUT2D eigenvalue weighted by molar-refractivity contribution is -0.121. The molecule has 1 unspecified atom stereocenters. The molecule has 1 atom stereocenters. The van der Waals surface area contributed by atoms with E-state index in [0.717, 1.165) is 0 Å². The van der Waals surface area contributed by atoms with E-state index in [0.29, 0.717) is 35.9 Å². The lowest BCUT2D eigenvalue weighted by atomic mass is 10.1. The van der Waals surface area contributed by atoms with E-state index in [1.54, 1.807) is 31.2 Å². The Kier molecular flexibility index (Phi) is 5.26. The Morgan fingerprint density at radius 2 is 2.12 bits per heavy atom. The van der Waals surface area contributed by atoms with Gasteiger partial charge < -0.3 is 20.5 Å². The highest BCUT2D eigenvalue weighted by Gasteiger charge is 2.27. The van der Waals surface area contributed by atoms with Crippen molar-refractivity contribution in [3.8, 4) is 0 Å². The maximum atomic E-state index is 12.3. The zero-order valence-corrected chi connectivity index (χ0v) is 14.2. The van der Waals surface area contributed by atoms with Gasteiger partial charge in [-0.05, 0) is 25.5 Å². The molecular weight excluding hydrogens is 338 g/mol. The molecule has 1 aromatic heterocycles. The average molecular weight is 357 g/mol. The van der Waals surface area contributed by atoms with Crippen molar-refractivity contribution in [2.45, 2.75) is 32.2 Å². The zero-order chi connectivity index (χ0) is 18.5. The van der Waals surface area contributed by atoms with Crippen molar-refractivity contribution in [3.63, 3.8) is 0 Å². The predicted octanol–water partition coefficient (Wildman–Crippen LogP) is 0.568. The number of aryl methyl sites for hydroxylation is 1. The van der Waals surface area contributed by atoms with Gasteiger partial charge in [-0.25, -0.2) is 0 Å². The highest BCUT2D eigenvalue weighted by molar-refractivity contribution is 6.09. The molecule has 0 fully saturated rings. The van der Waals surface area contributed by atoms with Gasteiger partial charge >= 0.3 is 0 Å². The molecule has 2 heterocycles. The molecule has 0 aliphatic carbocycles. The molecule has 2 aromatic rings. The largest absolute Gasteiger partial charge is 0.356 e. The van der Waals surface area contributed by atoms with Gasteiger partial charge in [-0.1, -0.05) is 17.3 Å². The van der Waals surface area contributed by atoms with Crippen molar-refractivity contribution < 1.29 is 18.9 Å². The van der Waals surface area contributed by atoms with E-state index < -0.39 is 6.04 Å². The number of fused-ring (bicyclic) bond motifs is 1. The molecule has 3 N–H and O–H groups in total. The lowest BCUT2D eigenvalue weighted by Gasteiger charge is -2.14. The van der Waals surface area contributed by atoms with Gasteiger partial charge in [0.25, 0.3) is 5.91 Å². The fourth-order valence-corrected chi connectivity index (χ4v) is 2.63. The van der Waals surface area contributed by atoms with Crippen LogP contribution in [-0.2, 0) is 16.0 Å². The van der Waals surface area contributed by atoms with Crippen molar-refractivity contribution in [1.29, 1.82) is 0 Å². The summed E-state index contributed by atoms with van der Waals surface area (Å²) in [5.41, 5.74) is 0.874. The number of benzene rings is 1. The zero-order valence-electron chi connectivity index (χ0n) is 14.2. The second kappa shape index (κ2) is 7.77. The Balaban J connectivity index is 1.47. The second-order valence-electron chi connectivity index (χ2n) is 5.93. The Bertz CT molecular complexity index is 832. The maximum Gasteiger partial charge on any atom is 0.254 e. The van der Waals surface area contributed by atoms with Crippen LogP contribution >= 0.6 is 0 Å². The summed E-state index contributed by atoms with van der Waals surface area (Å²) in [6.07, 6.45) is 0.747. The highest BCUT2D eigenvalue weighted by atomic mass is 16.5. The van der Waals surface area contributed by atoms with Crippen molar-refractivity contribution in [3.05, 3.63) is 41.5 Å². The monoisotopic (exact) mass is 357 g/mol. The van der Waals surface area contributed by atoms with Crippen LogP contribution < -0.4 is 16.0 Å². The summed E-state index contributed by atoms with van der Waals surface area (Å²) in [6.45, 7) is 2.07. The number of nitrogens with zero attached hydrogens (tertiary/aromatic N) is 2. The van der Waals surface area contributed by atoms with Crippen LogP contribution in [0.15, 0.2) is 28.8 Å². The van der Waals surface area contributed by atoms with Crippen LogP contribution in [0.5, 0.6) is 0 Å². The fraction of sp³-hybridized carbons (Fsp3) is 0.353. The molecule has 3 rings (SSSR count). The Morgan fingerprint density at radius 3 is 2.88 bits per heavy atom. The van der Waals surface area contributed by atoms with E-state index in [9.17, 15) is 14.4 Å². The quantitative estimate of drug-likeness (QED) is 0.694. The van der Waals surface area contributed by atoms with Crippen molar-refractivity contribution >= 4 is 23.4 Å². The highest BCUT2D eigenvalue weighted by Crippen LogP contribution is 2.19. The minimum absolute atomic E-state index is 0.109. The van der Waals surface area contributed by atoms with Crippen LogP contribution in [0.4, 0.5) is 5.69 Å². The van der Waals surface area contributed by atoms with Gasteiger partial charge in [0.2, 0.25) is 17.7 Å². The molecular formula is C17H19N5O4. The van der Waals surface area contributed by atoms with Crippen LogP contribution in [0.25, 0.3) is 0 Å². The third-order valence-electron chi connectivity index (χ3n) is 3.94. The molecule has 9 nitrogen and oxygen atoms in total. The van der Waals surface area contributed by atoms with E-state index in [1.807, 2.05) is 0 Å². The van der Waals surface area contributed by atoms with E-state index in [4.69, 9.17) is 4.52 Å². The SMILES string of the molecule is Cc1noc(CCNC(=O)CCC2NC(=O)c3ccccc3NC2=O)n1. The molecule has 26 heavy (non-hydrogen) atoms. The second-order valence-corrected chi connectivity index (χ2v) is 5.93. The smallest absolute Gasteiger partial charge is 0.254 e. The molecule has 0 saturated heterocycles. The van der Waals surface area contributed by atoms with E-state index in [1.165, 1.54) is 0 Å². The van der Waals surface area contributed by atoms with E-state index in [-0.39, 0.29) is 30.6 Å².